The summed E-state index contributed by atoms with van der Waals surface area (Å²) in [5, 5.41) is 1.64. The minimum absolute atomic E-state index is 0.705. The van der Waals surface area contributed by atoms with E-state index in [0.29, 0.717) is 5.02 Å². The number of pyridine rings is 2. The minimum atomic E-state index is 0.705. The number of aromatic amines is 1. The van der Waals surface area contributed by atoms with E-state index in [1.165, 1.54) is 0 Å². The number of hydrogen-bond acceptors (Lipinski definition) is 2. The molecule has 0 aliphatic heterocycles. The van der Waals surface area contributed by atoms with E-state index in [0.717, 1.165) is 22.3 Å². The fraction of sp³-hybridized carbons (Fsp3) is 0. The summed E-state index contributed by atoms with van der Waals surface area (Å²) >= 11 is 6.08. The molecule has 0 aliphatic rings. The fourth-order valence-corrected chi connectivity index (χ4v) is 1.87. The maximum atomic E-state index is 6.08. The number of fused-ring (bicyclic) bond motifs is 1. The van der Waals surface area contributed by atoms with Crippen molar-refractivity contribution >= 4 is 22.6 Å². The zero-order valence-electron chi connectivity index (χ0n) is 8.31. The molecule has 0 spiro atoms. The zero-order valence-corrected chi connectivity index (χ0v) is 9.07. The van der Waals surface area contributed by atoms with Crippen LogP contribution in [0.2, 0.25) is 5.02 Å². The lowest BCUT2D eigenvalue weighted by atomic mass is 10.2. The lowest BCUT2D eigenvalue weighted by Gasteiger charge is -1.93. The molecule has 0 unspecified atom stereocenters. The minimum Gasteiger partial charge on any atom is -0.339 e. The van der Waals surface area contributed by atoms with Crippen LogP contribution in [0.3, 0.4) is 0 Å². The first-order valence-electron chi connectivity index (χ1n) is 4.88. The largest absolute Gasteiger partial charge is 0.339 e. The van der Waals surface area contributed by atoms with E-state index >= 15 is 0 Å². The van der Waals surface area contributed by atoms with Gasteiger partial charge < -0.3 is 4.98 Å². The van der Waals surface area contributed by atoms with Crippen LogP contribution in [0.5, 0.6) is 0 Å². The summed E-state index contributed by atoms with van der Waals surface area (Å²) in [6.07, 6.45) is 5.24. The van der Waals surface area contributed by atoms with Gasteiger partial charge in [-0.3, -0.25) is 4.98 Å². The summed E-state index contributed by atoms with van der Waals surface area (Å²) in [6, 6.07) is 7.66. The number of rotatable bonds is 1. The highest BCUT2D eigenvalue weighted by atomic mass is 35.5. The maximum absolute atomic E-state index is 6.08. The molecule has 0 saturated heterocycles. The van der Waals surface area contributed by atoms with Gasteiger partial charge in [-0.2, -0.15) is 0 Å². The number of H-pyrrole nitrogens is 1. The zero-order chi connectivity index (χ0) is 11.0. The molecule has 0 atom stereocenters. The Bertz CT molecular complexity index is 631. The molecule has 3 nitrogen and oxygen atoms in total. The molecule has 1 N–H and O–H groups in total. The van der Waals surface area contributed by atoms with Crippen molar-refractivity contribution in [3.05, 3.63) is 47.9 Å². The quantitative estimate of drug-likeness (QED) is 0.696. The van der Waals surface area contributed by atoms with E-state index in [9.17, 15) is 0 Å². The lowest BCUT2D eigenvalue weighted by Crippen LogP contribution is -1.78. The van der Waals surface area contributed by atoms with Crippen LogP contribution in [0.4, 0.5) is 0 Å². The standard InChI is InChI=1S/C12H8ClN3/c13-10-3-5-15-12-9(10)6-11(16-12)8-2-1-4-14-7-8/h1-7H,(H,15,16). The van der Waals surface area contributed by atoms with Gasteiger partial charge in [-0.15, -0.1) is 0 Å². The van der Waals surface area contributed by atoms with Crippen molar-refractivity contribution in [2.75, 3.05) is 0 Å². The average molecular weight is 230 g/mol. The van der Waals surface area contributed by atoms with Gasteiger partial charge in [0.1, 0.15) is 5.65 Å². The van der Waals surface area contributed by atoms with E-state index < -0.39 is 0 Å². The predicted octanol–water partition coefficient (Wildman–Crippen LogP) is 3.28. The number of nitrogens with one attached hydrogen (secondary N) is 1. The third kappa shape index (κ3) is 1.46. The van der Waals surface area contributed by atoms with Crippen LogP contribution < -0.4 is 0 Å². The number of nitrogens with zero attached hydrogens (tertiary/aromatic N) is 2. The summed E-state index contributed by atoms with van der Waals surface area (Å²) in [5.41, 5.74) is 2.80. The number of aromatic nitrogens is 3. The monoisotopic (exact) mass is 229 g/mol. The van der Waals surface area contributed by atoms with Crippen molar-refractivity contribution in [3.8, 4) is 11.3 Å². The molecule has 0 amide bonds. The SMILES string of the molecule is Clc1ccnc2[nH]c(-c3cccnc3)cc12. The Morgan fingerprint density at radius 3 is 2.88 bits per heavy atom. The average Bonchev–Trinajstić information content (AvgIpc) is 2.76. The molecule has 3 aromatic heterocycles. The highest BCUT2D eigenvalue weighted by Crippen LogP contribution is 2.26. The molecule has 0 aliphatic carbocycles. The van der Waals surface area contributed by atoms with Crippen molar-refractivity contribution in [2.45, 2.75) is 0 Å². The Hall–Kier alpha value is -1.87. The molecule has 0 saturated carbocycles. The van der Waals surface area contributed by atoms with Crippen molar-refractivity contribution in [1.29, 1.82) is 0 Å². The molecule has 0 radical (unpaired) electrons. The maximum Gasteiger partial charge on any atom is 0.139 e. The van der Waals surface area contributed by atoms with Crippen molar-refractivity contribution in [1.82, 2.24) is 15.0 Å². The Morgan fingerprint density at radius 2 is 2.12 bits per heavy atom. The van der Waals surface area contributed by atoms with Gasteiger partial charge in [-0.05, 0) is 24.3 Å². The molecule has 0 fully saturated rings. The third-order valence-corrected chi connectivity index (χ3v) is 2.78. The molecular formula is C12H8ClN3. The molecule has 3 aromatic rings. The van der Waals surface area contributed by atoms with Gasteiger partial charge >= 0.3 is 0 Å². The Morgan fingerprint density at radius 1 is 1.19 bits per heavy atom. The molecular weight excluding hydrogens is 222 g/mol. The van der Waals surface area contributed by atoms with E-state index in [1.54, 1.807) is 24.7 Å². The number of hydrogen-bond donors (Lipinski definition) is 1. The lowest BCUT2D eigenvalue weighted by molar-refractivity contribution is 1.29. The first kappa shape index (κ1) is 9.36. The second-order valence-electron chi connectivity index (χ2n) is 3.48. The summed E-state index contributed by atoms with van der Waals surface area (Å²) in [4.78, 5) is 11.5. The third-order valence-electron chi connectivity index (χ3n) is 2.45. The van der Waals surface area contributed by atoms with Crippen molar-refractivity contribution in [3.63, 3.8) is 0 Å². The van der Waals surface area contributed by atoms with Gasteiger partial charge in [0.15, 0.2) is 0 Å². The smallest absolute Gasteiger partial charge is 0.139 e. The second-order valence-corrected chi connectivity index (χ2v) is 3.89. The van der Waals surface area contributed by atoms with Crippen LogP contribution >= 0.6 is 11.6 Å². The van der Waals surface area contributed by atoms with Gasteiger partial charge in [0, 0.05) is 35.2 Å². The normalized spacial score (nSPS) is 10.8. The molecule has 0 bridgehead atoms. The first-order chi connectivity index (χ1) is 7.84. The molecule has 3 rings (SSSR count). The van der Waals surface area contributed by atoms with Crippen LogP contribution in [0.1, 0.15) is 0 Å². The van der Waals surface area contributed by atoms with Crippen molar-refractivity contribution < 1.29 is 0 Å². The van der Waals surface area contributed by atoms with E-state index in [4.69, 9.17) is 11.6 Å². The van der Waals surface area contributed by atoms with Gasteiger partial charge in [0.2, 0.25) is 0 Å². The van der Waals surface area contributed by atoms with Crippen molar-refractivity contribution in [2.24, 2.45) is 0 Å². The second kappa shape index (κ2) is 3.61. The van der Waals surface area contributed by atoms with Gasteiger partial charge in [0.05, 0.1) is 5.02 Å². The summed E-state index contributed by atoms with van der Waals surface area (Å²) < 4.78 is 0. The predicted molar refractivity (Wildman–Crippen MR) is 64.3 cm³/mol. The van der Waals surface area contributed by atoms with E-state index in [2.05, 4.69) is 15.0 Å². The first-order valence-corrected chi connectivity index (χ1v) is 5.26. The van der Waals surface area contributed by atoms with E-state index in [1.807, 2.05) is 18.2 Å². The topological polar surface area (TPSA) is 41.6 Å². The van der Waals surface area contributed by atoms with E-state index in [-0.39, 0.29) is 0 Å². The van der Waals surface area contributed by atoms with Crippen LogP contribution in [0, 0.1) is 0 Å². The van der Waals surface area contributed by atoms with Gasteiger partial charge in [0.25, 0.3) is 0 Å². The molecule has 16 heavy (non-hydrogen) atoms. The molecule has 0 aromatic carbocycles. The summed E-state index contributed by atoms with van der Waals surface area (Å²) in [7, 11) is 0. The molecule has 4 heteroatoms. The van der Waals surface area contributed by atoms with Crippen LogP contribution in [0.15, 0.2) is 42.9 Å². The van der Waals surface area contributed by atoms with Crippen LogP contribution in [-0.4, -0.2) is 15.0 Å². The summed E-state index contributed by atoms with van der Waals surface area (Å²) in [6.45, 7) is 0. The van der Waals surface area contributed by atoms with Crippen LogP contribution in [-0.2, 0) is 0 Å². The highest BCUT2D eigenvalue weighted by Gasteiger charge is 2.06. The Balaban J connectivity index is 2.23. The fourth-order valence-electron chi connectivity index (χ4n) is 1.67. The molecule has 78 valence electrons. The van der Waals surface area contributed by atoms with Gasteiger partial charge in [-0.25, -0.2) is 4.98 Å². The van der Waals surface area contributed by atoms with Crippen LogP contribution in [0.25, 0.3) is 22.3 Å². The van der Waals surface area contributed by atoms with Gasteiger partial charge in [-0.1, -0.05) is 11.6 Å². The number of halogens is 1. The summed E-state index contributed by atoms with van der Waals surface area (Å²) in [5.74, 6) is 0. The highest BCUT2D eigenvalue weighted by molar-refractivity contribution is 6.35. The Labute approximate surface area is 97.1 Å². The Kier molecular flexibility index (Phi) is 2.11. The molecule has 3 heterocycles.